The van der Waals surface area contributed by atoms with E-state index in [2.05, 4.69) is 0 Å². The molecular weight excluding hydrogens is 270 g/mol. The highest BCUT2D eigenvalue weighted by molar-refractivity contribution is 6.30. The molecule has 0 radical (unpaired) electrons. The third kappa shape index (κ3) is 3.06. The van der Waals surface area contributed by atoms with Crippen LogP contribution < -0.4 is 4.74 Å². The van der Waals surface area contributed by atoms with E-state index < -0.39 is 5.97 Å². The lowest BCUT2D eigenvalue weighted by molar-refractivity contribution is 0.0658. The van der Waals surface area contributed by atoms with Gasteiger partial charge in [0, 0.05) is 11.1 Å². The number of carbonyl (C=O) groups is 1. The van der Waals surface area contributed by atoms with Gasteiger partial charge in [-0.05, 0) is 24.3 Å². The van der Waals surface area contributed by atoms with E-state index in [4.69, 9.17) is 31.1 Å². The first-order valence-corrected chi connectivity index (χ1v) is 5.62. The molecule has 96 valence electrons. The molecule has 1 heterocycles. The van der Waals surface area contributed by atoms with Gasteiger partial charge in [0.15, 0.2) is 0 Å². The molecule has 2 rings (SSSR count). The van der Waals surface area contributed by atoms with Crippen molar-refractivity contribution < 1.29 is 19.1 Å². The van der Waals surface area contributed by atoms with Gasteiger partial charge in [-0.15, -0.1) is 0 Å². The van der Waals surface area contributed by atoms with Crippen LogP contribution >= 0.6 is 11.6 Å². The molecule has 0 unspecified atom stereocenters. The molecule has 0 saturated carbocycles. The highest BCUT2D eigenvalue weighted by Gasteiger charge is 2.10. The molecule has 0 atom stereocenters. The second-order valence-corrected chi connectivity index (χ2v) is 4.05. The molecule has 19 heavy (non-hydrogen) atoms. The molecule has 0 aliphatic heterocycles. The quantitative estimate of drug-likeness (QED) is 0.928. The van der Waals surface area contributed by atoms with E-state index in [1.54, 1.807) is 12.1 Å². The van der Waals surface area contributed by atoms with Crippen molar-refractivity contribution in [2.45, 2.75) is 6.61 Å². The summed E-state index contributed by atoms with van der Waals surface area (Å²) in [6.07, 6.45) is 0. The normalized spacial score (nSPS) is 9.89. The summed E-state index contributed by atoms with van der Waals surface area (Å²) < 4.78 is 10.4. The van der Waals surface area contributed by atoms with Crippen molar-refractivity contribution in [3.63, 3.8) is 0 Å². The Labute approximate surface area is 113 Å². The summed E-state index contributed by atoms with van der Waals surface area (Å²) in [6, 6.07) is 9.46. The molecule has 0 saturated heterocycles. The average Bonchev–Trinajstić information content (AvgIpc) is 2.85. The molecule has 0 amide bonds. The van der Waals surface area contributed by atoms with Gasteiger partial charge in [0.2, 0.25) is 5.76 Å². The molecule has 0 aliphatic rings. The molecule has 0 fully saturated rings. The molecule has 6 heteroatoms. The standard InChI is InChI=1S/C13H8ClNO4/c14-9-2-1-8(6-15)12(5-9)18-7-10-3-4-11(19-10)13(16)17/h1-5H,7H2,(H,16,17). The van der Waals surface area contributed by atoms with Crippen LogP contribution in [0.2, 0.25) is 5.02 Å². The number of nitriles is 1. The fourth-order valence-electron chi connectivity index (χ4n) is 1.43. The molecule has 1 aromatic carbocycles. The third-order valence-electron chi connectivity index (χ3n) is 2.31. The topological polar surface area (TPSA) is 83.5 Å². The Bertz CT molecular complexity index is 657. The highest BCUT2D eigenvalue weighted by Crippen LogP contribution is 2.24. The maximum absolute atomic E-state index is 10.6. The summed E-state index contributed by atoms with van der Waals surface area (Å²) in [6.45, 7) is 0.0162. The number of ether oxygens (including phenoxy) is 1. The van der Waals surface area contributed by atoms with E-state index in [0.717, 1.165) is 0 Å². The number of furan rings is 1. The highest BCUT2D eigenvalue weighted by atomic mass is 35.5. The van der Waals surface area contributed by atoms with Gasteiger partial charge in [0.05, 0.1) is 5.56 Å². The second-order valence-electron chi connectivity index (χ2n) is 3.61. The van der Waals surface area contributed by atoms with E-state index in [1.165, 1.54) is 18.2 Å². The minimum Gasteiger partial charge on any atom is -0.484 e. The molecular formula is C13H8ClNO4. The Morgan fingerprint density at radius 3 is 2.84 bits per heavy atom. The summed E-state index contributed by atoms with van der Waals surface area (Å²) in [7, 11) is 0. The van der Waals surface area contributed by atoms with Crippen molar-refractivity contribution in [3.8, 4) is 11.8 Å². The van der Waals surface area contributed by atoms with Crippen LogP contribution in [-0.2, 0) is 6.61 Å². The average molecular weight is 278 g/mol. The van der Waals surface area contributed by atoms with Gasteiger partial charge >= 0.3 is 5.97 Å². The van der Waals surface area contributed by atoms with Gasteiger partial charge in [-0.25, -0.2) is 4.79 Å². The van der Waals surface area contributed by atoms with Crippen molar-refractivity contribution >= 4 is 17.6 Å². The predicted octanol–water partition coefficient (Wildman–Crippen LogP) is 3.08. The largest absolute Gasteiger partial charge is 0.484 e. The van der Waals surface area contributed by atoms with Gasteiger partial charge in [-0.3, -0.25) is 0 Å². The lowest BCUT2D eigenvalue weighted by Gasteiger charge is -2.06. The van der Waals surface area contributed by atoms with E-state index in [1.807, 2.05) is 6.07 Å². The van der Waals surface area contributed by atoms with Crippen molar-refractivity contribution in [3.05, 3.63) is 52.4 Å². The van der Waals surface area contributed by atoms with Gasteiger partial charge < -0.3 is 14.3 Å². The number of halogens is 1. The zero-order chi connectivity index (χ0) is 13.8. The van der Waals surface area contributed by atoms with Crippen LogP contribution in [-0.4, -0.2) is 11.1 Å². The Morgan fingerprint density at radius 1 is 1.42 bits per heavy atom. The van der Waals surface area contributed by atoms with E-state index in [0.29, 0.717) is 22.1 Å². The fraction of sp³-hybridized carbons (Fsp3) is 0.0769. The number of hydrogen-bond acceptors (Lipinski definition) is 4. The van der Waals surface area contributed by atoms with Crippen LogP contribution in [0.25, 0.3) is 0 Å². The maximum atomic E-state index is 10.6. The van der Waals surface area contributed by atoms with Crippen LogP contribution in [0.5, 0.6) is 5.75 Å². The van der Waals surface area contributed by atoms with Crippen LogP contribution in [0.1, 0.15) is 21.9 Å². The number of benzene rings is 1. The third-order valence-corrected chi connectivity index (χ3v) is 2.54. The van der Waals surface area contributed by atoms with Crippen LogP contribution in [0.4, 0.5) is 0 Å². The summed E-state index contributed by atoms with van der Waals surface area (Å²) in [5.41, 5.74) is 0.342. The monoisotopic (exact) mass is 277 g/mol. The Balaban J connectivity index is 2.12. The number of aromatic carboxylic acids is 1. The van der Waals surface area contributed by atoms with Gasteiger partial charge in [0.25, 0.3) is 0 Å². The number of rotatable bonds is 4. The number of hydrogen-bond donors (Lipinski definition) is 1. The summed E-state index contributed by atoms with van der Waals surface area (Å²) in [4.78, 5) is 10.6. The van der Waals surface area contributed by atoms with Crippen molar-refractivity contribution in [2.75, 3.05) is 0 Å². The zero-order valence-electron chi connectivity index (χ0n) is 9.59. The van der Waals surface area contributed by atoms with Crippen molar-refractivity contribution in [1.29, 1.82) is 5.26 Å². The number of carboxylic acid groups (broad SMARTS) is 1. The number of carboxylic acids is 1. The fourth-order valence-corrected chi connectivity index (χ4v) is 1.59. The first-order valence-electron chi connectivity index (χ1n) is 5.24. The van der Waals surface area contributed by atoms with E-state index >= 15 is 0 Å². The first-order chi connectivity index (χ1) is 9.10. The lowest BCUT2D eigenvalue weighted by Crippen LogP contribution is -1.97. The Morgan fingerprint density at radius 2 is 2.21 bits per heavy atom. The van der Waals surface area contributed by atoms with E-state index in [-0.39, 0.29) is 12.4 Å². The van der Waals surface area contributed by atoms with Crippen molar-refractivity contribution in [2.24, 2.45) is 0 Å². The molecule has 1 aromatic heterocycles. The minimum atomic E-state index is -1.15. The van der Waals surface area contributed by atoms with E-state index in [9.17, 15) is 4.79 Å². The van der Waals surface area contributed by atoms with Crippen LogP contribution in [0.15, 0.2) is 34.7 Å². The first kappa shape index (κ1) is 13.0. The van der Waals surface area contributed by atoms with Gasteiger partial charge in [0.1, 0.15) is 24.2 Å². The Kier molecular flexibility index (Phi) is 3.74. The molecule has 2 aromatic rings. The van der Waals surface area contributed by atoms with Gasteiger partial charge in [-0.2, -0.15) is 5.26 Å². The predicted molar refractivity (Wildman–Crippen MR) is 66.2 cm³/mol. The van der Waals surface area contributed by atoms with Crippen molar-refractivity contribution in [1.82, 2.24) is 0 Å². The maximum Gasteiger partial charge on any atom is 0.371 e. The smallest absolute Gasteiger partial charge is 0.371 e. The molecule has 0 aliphatic carbocycles. The zero-order valence-corrected chi connectivity index (χ0v) is 10.3. The molecule has 1 N–H and O–H groups in total. The summed E-state index contributed by atoms with van der Waals surface area (Å²) in [5, 5.41) is 18.1. The summed E-state index contributed by atoms with van der Waals surface area (Å²) >= 11 is 5.81. The molecule has 0 spiro atoms. The van der Waals surface area contributed by atoms with Crippen LogP contribution in [0, 0.1) is 11.3 Å². The Hall–Kier alpha value is -2.45. The van der Waals surface area contributed by atoms with Crippen LogP contribution in [0.3, 0.4) is 0 Å². The molecule has 5 nitrogen and oxygen atoms in total. The minimum absolute atomic E-state index is 0.0162. The molecule has 0 bridgehead atoms. The van der Waals surface area contributed by atoms with Gasteiger partial charge in [-0.1, -0.05) is 11.6 Å². The second kappa shape index (κ2) is 5.46. The SMILES string of the molecule is N#Cc1ccc(Cl)cc1OCc1ccc(C(=O)O)o1. The lowest BCUT2D eigenvalue weighted by atomic mass is 10.2. The number of nitrogens with zero attached hydrogens (tertiary/aromatic N) is 1. The summed E-state index contributed by atoms with van der Waals surface area (Å²) in [5.74, 6) is -0.638.